The molecule has 8 heteroatoms. The lowest BCUT2D eigenvalue weighted by molar-refractivity contribution is 0.0782. The lowest BCUT2D eigenvalue weighted by atomic mass is 9.85. The fraction of sp³-hybridized carbons (Fsp3) is 0.500. The normalized spacial score (nSPS) is 23.4. The summed E-state index contributed by atoms with van der Waals surface area (Å²) in [7, 11) is 0. The zero-order chi connectivity index (χ0) is 19.4. The molecule has 1 aromatic carbocycles. The van der Waals surface area contributed by atoms with Gasteiger partial charge in [-0.2, -0.15) is 5.10 Å². The van der Waals surface area contributed by atoms with Gasteiger partial charge in [-0.3, -0.25) is 19.0 Å². The molecule has 3 aliphatic rings. The molecule has 7 nitrogen and oxygen atoms in total. The van der Waals surface area contributed by atoms with E-state index in [-0.39, 0.29) is 23.6 Å². The van der Waals surface area contributed by atoms with Gasteiger partial charge in [-0.05, 0) is 43.0 Å². The molecule has 2 fully saturated rings. The molecule has 0 N–H and O–H groups in total. The van der Waals surface area contributed by atoms with Crippen molar-refractivity contribution < 1.29 is 9.18 Å². The number of benzene rings is 1. The van der Waals surface area contributed by atoms with Crippen molar-refractivity contribution in [2.75, 3.05) is 13.1 Å². The van der Waals surface area contributed by atoms with Gasteiger partial charge in [0.05, 0.1) is 0 Å². The van der Waals surface area contributed by atoms with Crippen LogP contribution in [0, 0.1) is 17.7 Å². The molecule has 1 aromatic heterocycles. The van der Waals surface area contributed by atoms with Crippen LogP contribution in [0.3, 0.4) is 0 Å². The van der Waals surface area contributed by atoms with E-state index in [0.29, 0.717) is 43.5 Å². The second kappa shape index (κ2) is 6.39. The minimum absolute atomic E-state index is 0.0506. The number of carbonyl (C=O) groups is 1. The van der Waals surface area contributed by atoms with Crippen molar-refractivity contribution in [2.45, 2.75) is 38.3 Å². The molecular weight excluding hydrogens is 363 g/mol. The largest absolute Gasteiger partial charge is 0.338 e. The first-order chi connectivity index (χ1) is 13.5. The molecule has 1 amide bonds. The van der Waals surface area contributed by atoms with Crippen molar-refractivity contribution in [3.63, 3.8) is 0 Å². The van der Waals surface area contributed by atoms with E-state index in [1.54, 1.807) is 4.90 Å². The van der Waals surface area contributed by atoms with Crippen LogP contribution in [0.1, 0.15) is 41.4 Å². The Labute approximate surface area is 160 Å². The Bertz CT molecular complexity index is 1050. The molecule has 0 spiro atoms. The first kappa shape index (κ1) is 17.3. The number of hydrogen-bond donors (Lipinski definition) is 0. The minimum atomic E-state index is -0.546. The molecular formula is C20H21FN4O3. The third-order valence-corrected chi connectivity index (χ3v) is 6.39. The smallest absolute Gasteiger partial charge is 0.332 e. The fourth-order valence-electron chi connectivity index (χ4n) is 4.57. The van der Waals surface area contributed by atoms with E-state index in [4.69, 9.17) is 0 Å². The molecule has 1 saturated heterocycles. The molecule has 0 bridgehead atoms. The summed E-state index contributed by atoms with van der Waals surface area (Å²) in [6.45, 7) is 1.87. The zero-order valence-corrected chi connectivity index (χ0v) is 15.4. The summed E-state index contributed by atoms with van der Waals surface area (Å²) in [5, 5.41) is 4.54. The molecule has 3 heterocycles. The van der Waals surface area contributed by atoms with Crippen molar-refractivity contribution in [3.8, 4) is 0 Å². The molecule has 146 valence electrons. The molecule has 0 radical (unpaired) electrons. The Hall–Kier alpha value is -2.77. The van der Waals surface area contributed by atoms with Crippen LogP contribution in [-0.4, -0.2) is 38.2 Å². The predicted molar refractivity (Wildman–Crippen MR) is 98.6 cm³/mol. The monoisotopic (exact) mass is 384 g/mol. The number of fused-ring (bicyclic) bond motifs is 3. The average Bonchev–Trinajstić information content (AvgIpc) is 3.21. The fourth-order valence-corrected chi connectivity index (χ4v) is 4.57. The van der Waals surface area contributed by atoms with Gasteiger partial charge in [-0.25, -0.2) is 9.07 Å². The number of halogens is 1. The van der Waals surface area contributed by atoms with Gasteiger partial charge in [0.15, 0.2) is 0 Å². The van der Waals surface area contributed by atoms with Crippen LogP contribution in [0.25, 0.3) is 0 Å². The van der Waals surface area contributed by atoms with E-state index in [1.165, 1.54) is 33.5 Å². The van der Waals surface area contributed by atoms with Crippen LogP contribution in [0.4, 0.5) is 4.39 Å². The van der Waals surface area contributed by atoms with Crippen molar-refractivity contribution in [3.05, 3.63) is 62.2 Å². The van der Waals surface area contributed by atoms with Crippen LogP contribution in [-0.2, 0) is 13.1 Å². The minimum Gasteiger partial charge on any atom is -0.338 e. The topological polar surface area (TPSA) is 77.2 Å². The lowest BCUT2D eigenvalue weighted by Crippen LogP contribution is -2.45. The lowest BCUT2D eigenvalue weighted by Gasteiger charge is -2.25. The van der Waals surface area contributed by atoms with E-state index in [9.17, 15) is 18.8 Å². The number of carbonyl (C=O) groups excluding carboxylic acids is 1. The maximum atomic E-state index is 13.1. The maximum Gasteiger partial charge on any atom is 0.332 e. The SMILES string of the molecule is O=C(c1ccc(F)cc1)N1C[C@H]2Cn3c(nn(CC4CCC4)c(=O)c3=O)[C@@H]2C1. The number of aromatic nitrogens is 3. The highest BCUT2D eigenvalue weighted by Gasteiger charge is 2.44. The quantitative estimate of drug-likeness (QED) is 0.746. The van der Waals surface area contributed by atoms with Crippen molar-refractivity contribution in [1.29, 1.82) is 0 Å². The predicted octanol–water partition coefficient (Wildman–Crippen LogP) is 1.21. The van der Waals surface area contributed by atoms with Crippen LogP contribution in [0.5, 0.6) is 0 Å². The van der Waals surface area contributed by atoms with E-state index in [2.05, 4.69) is 5.10 Å². The van der Waals surface area contributed by atoms with Crippen LogP contribution < -0.4 is 11.1 Å². The Kier molecular flexibility index (Phi) is 3.96. The van der Waals surface area contributed by atoms with Crippen LogP contribution >= 0.6 is 0 Å². The molecule has 1 aliphatic carbocycles. The maximum absolute atomic E-state index is 13.1. The third-order valence-electron chi connectivity index (χ3n) is 6.39. The van der Waals surface area contributed by atoms with Gasteiger partial charge >= 0.3 is 11.1 Å². The zero-order valence-electron chi connectivity index (χ0n) is 15.4. The number of amides is 1. The number of rotatable bonds is 3. The van der Waals surface area contributed by atoms with Gasteiger partial charge < -0.3 is 4.90 Å². The van der Waals surface area contributed by atoms with Crippen molar-refractivity contribution in [2.24, 2.45) is 11.8 Å². The van der Waals surface area contributed by atoms with Gasteiger partial charge in [0, 0.05) is 43.6 Å². The summed E-state index contributed by atoms with van der Waals surface area (Å²) >= 11 is 0. The van der Waals surface area contributed by atoms with Gasteiger partial charge in [0.1, 0.15) is 11.6 Å². The first-order valence-corrected chi connectivity index (χ1v) is 9.78. The van der Waals surface area contributed by atoms with E-state index in [0.717, 1.165) is 19.3 Å². The van der Waals surface area contributed by atoms with Gasteiger partial charge in [-0.1, -0.05) is 6.42 Å². The third kappa shape index (κ3) is 2.70. The molecule has 5 rings (SSSR count). The first-order valence-electron chi connectivity index (χ1n) is 9.78. The summed E-state index contributed by atoms with van der Waals surface area (Å²) in [4.78, 5) is 39.4. The highest BCUT2D eigenvalue weighted by Crippen LogP contribution is 2.37. The molecule has 2 aromatic rings. The Morgan fingerprint density at radius 2 is 1.82 bits per heavy atom. The highest BCUT2D eigenvalue weighted by atomic mass is 19.1. The Balaban J connectivity index is 1.41. The Morgan fingerprint density at radius 1 is 1.07 bits per heavy atom. The second-order valence-electron chi connectivity index (χ2n) is 8.14. The van der Waals surface area contributed by atoms with Crippen LogP contribution in [0.2, 0.25) is 0 Å². The van der Waals surface area contributed by atoms with Crippen molar-refractivity contribution in [1.82, 2.24) is 19.2 Å². The Morgan fingerprint density at radius 3 is 2.50 bits per heavy atom. The number of nitrogens with zero attached hydrogens (tertiary/aromatic N) is 4. The summed E-state index contributed by atoms with van der Waals surface area (Å²) in [5.74, 6) is 0.532. The van der Waals surface area contributed by atoms with Gasteiger partial charge in [0.2, 0.25) is 0 Å². The summed E-state index contributed by atoms with van der Waals surface area (Å²) in [6.07, 6.45) is 3.30. The average molecular weight is 384 g/mol. The van der Waals surface area contributed by atoms with Gasteiger partial charge in [-0.15, -0.1) is 0 Å². The molecule has 1 saturated carbocycles. The van der Waals surface area contributed by atoms with Gasteiger partial charge in [0.25, 0.3) is 5.91 Å². The number of likely N-dealkylation sites (tertiary alicyclic amines) is 1. The van der Waals surface area contributed by atoms with E-state index >= 15 is 0 Å². The van der Waals surface area contributed by atoms with E-state index in [1.807, 2.05) is 0 Å². The second-order valence-corrected chi connectivity index (χ2v) is 8.14. The van der Waals surface area contributed by atoms with E-state index < -0.39 is 11.1 Å². The summed E-state index contributed by atoms with van der Waals surface area (Å²) in [5.41, 5.74) is -0.605. The van der Waals surface area contributed by atoms with Crippen LogP contribution in [0.15, 0.2) is 33.9 Å². The molecule has 28 heavy (non-hydrogen) atoms. The summed E-state index contributed by atoms with van der Waals surface area (Å²) < 4.78 is 15.9. The molecule has 2 atom stereocenters. The molecule has 2 aliphatic heterocycles. The summed E-state index contributed by atoms with van der Waals surface area (Å²) in [6, 6.07) is 5.52. The van der Waals surface area contributed by atoms with Crippen molar-refractivity contribution >= 4 is 5.91 Å². The molecule has 0 unspecified atom stereocenters. The number of hydrogen-bond acceptors (Lipinski definition) is 4. The highest BCUT2D eigenvalue weighted by molar-refractivity contribution is 5.94. The standard InChI is InChI=1S/C20H21FN4O3/c21-15-6-4-13(5-7-15)18(26)23-9-14-10-24-17(16(14)11-23)22-25(20(28)19(24)27)8-12-2-1-3-12/h4-7,12,14,16H,1-3,8-11H2/t14-,16+/m0/s1.